The van der Waals surface area contributed by atoms with Crippen molar-refractivity contribution in [2.24, 2.45) is 0 Å². The molecule has 1 aromatic carbocycles. The molecule has 13 heteroatoms. The lowest BCUT2D eigenvalue weighted by atomic mass is 10.1. The normalized spacial score (nSPS) is 14.2. The Morgan fingerprint density at radius 3 is 2.55 bits per heavy atom. The molecule has 5 rings (SSSR count). The highest BCUT2D eigenvalue weighted by Gasteiger charge is 2.20. The number of carbonyl (C=O) groups excluding carboxylic acids is 1. The van der Waals surface area contributed by atoms with Crippen molar-refractivity contribution >= 4 is 61.1 Å². The van der Waals surface area contributed by atoms with Crippen LogP contribution in [0.5, 0.6) is 0 Å². The Bertz CT molecular complexity index is 1660. The van der Waals surface area contributed by atoms with Gasteiger partial charge in [-0.25, -0.2) is 22.9 Å². The summed E-state index contributed by atoms with van der Waals surface area (Å²) < 4.78 is 28.2. The zero-order valence-corrected chi connectivity index (χ0v) is 24.0. The number of piperidine rings is 1. The van der Waals surface area contributed by atoms with Crippen molar-refractivity contribution in [1.82, 2.24) is 19.2 Å². The van der Waals surface area contributed by atoms with Crippen LogP contribution in [0, 0.1) is 0 Å². The molecular formula is C27H29ClN6O4S2. The van der Waals surface area contributed by atoms with Gasteiger partial charge in [-0.15, -0.1) is 11.3 Å². The minimum atomic E-state index is -4.05. The summed E-state index contributed by atoms with van der Waals surface area (Å²) in [5, 5.41) is 7.27. The first kappa shape index (κ1) is 28.1. The Labute approximate surface area is 241 Å². The summed E-state index contributed by atoms with van der Waals surface area (Å²) in [7, 11) is -4.05. The number of amides is 2. The van der Waals surface area contributed by atoms with Crippen molar-refractivity contribution in [3.05, 3.63) is 75.6 Å². The average Bonchev–Trinajstić information content (AvgIpc) is 3.39. The fourth-order valence-electron chi connectivity index (χ4n) is 4.63. The predicted octanol–water partition coefficient (Wildman–Crippen LogP) is 4.90. The third kappa shape index (κ3) is 6.81. The van der Waals surface area contributed by atoms with E-state index >= 15 is 0 Å². The summed E-state index contributed by atoms with van der Waals surface area (Å²) in [4.78, 5) is 32.2. The molecule has 0 spiro atoms. The molecule has 0 atom stereocenters. The summed E-state index contributed by atoms with van der Waals surface area (Å²) in [5.74, 6) is 0.360. The minimum Gasteiger partial charge on any atom is -0.385 e. The Hall–Kier alpha value is -3.45. The van der Waals surface area contributed by atoms with E-state index in [9.17, 15) is 18.0 Å². The van der Waals surface area contributed by atoms with Crippen LogP contribution in [0.2, 0.25) is 4.34 Å². The lowest BCUT2D eigenvalue weighted by Gasteiger charge is -2.26. The van der Waals surface area contributed by atoms with E-state index in [1.54, 1.807) is 12.3 Å². The van der Waals surface area contributed by atoms with E-state index in [1.807, 2.05) is 29.0 Å². The number of nitrogens with one attached hydrogen (secondary N) is 3. The van der Waals surface area contributed by atoms with Gasteiger partial charge < -0.3 is 15.5 Å². The first-order chi connectivity index (χ1) is 19.3. The van der Waals surface area contributed by atoms with Gasteiger partial charge in [0, 0.05) is 23.8 Å². The van der Waals surface area contributed by atoms with Crippen LogP contribution in [0.15, 0.2) is 69.9 Å². The number of halogens is 1. The molecule has 1 aliphatic rings. The molecule has 0 saturated carbocycles. The van der Waals surface area contributed by atoms with Gasteiger partial charge in [-0.2, -0.15) is 0 Å². The fourth-order valence-corrected chi connectivity index (χ4v) is 7.02. The highest BCUT2D eigenvalue weighted by atomic mass is 35.5. The molecule has 40 heavy (non-hydrogen) atoms. The van der Waals surface area contributed by atoms with Crippen molar-refractivity contribution in [3.63, 3.8) is 0 Å². The number of nitrogens with zero attached hydrogens (tertiary/aromatic N) is 3. The highest BCUT2D eigenvalue weighted by molar-refractivity contribution is 7.92. The molecule has 10 nitrogen and oxygen atoms in total. The lowest BCUT2D eigenvalue weighted by Crippen LogP contribution is -2.34. The number of anilines is 2. The molecule has 210 valence electrons. The second kappa shape index (κ2) is 12.4. The average molecular weight is 601 g/mol. The van der Waals surface area contributed by atoms with Gasteiger partial charge in [0.1, 0.15) is 10.0 Å². The number of sulfonamides is 1. The summed E-state index contributed by atoms with van der Waals surface area (Å²) in [5.41, 5.74) is 1.01. The van der Waals surface area contributed by atoms with Crippen LogP contribution >= 0.6 is 22.9 Å². The molecule has 0 bridgehead atoms. The second-order valence-corrected chi connectivity index (χ2v) is 13.1. The summed E-state index contributed by atoms with van der Waals surface area (Å²) in [6, 6.07) is 12.4. The molecule has 1 aliphatic heterocycles. The quantitative estimate of drug-likeness (QED) is 0.233. The first-order valence-electron chi connectivity index (χ1n) is 13.0. The Morgan fingerprint density at radius 2 is 1.82 bits per heavy atom. The van der Waals surface area contributed by atoms with Crippen LogP contribution in [-0.4, -0.2) is 55.1 Å². The molecule has 0 unspecified atom stereocenters. The minimum absolute atomic E-state index is 0.0763. The molecule has 4 heterocycles. The molecule has 0 radical (unpaired) electrons. The van der Waals surface area contributed by atoms with E-state index < -0.39 is 16.1 Å². The van der Waals surface area contributed by atoms with Crippen LogP contribution in [0.3, 0.4) is 0 Å². The fraction of sp³-hybridized carbons (Fsp3) is 0.296. The molecule has 2 amide bonds. The van der Waals surface area contributed by atoms with Crippen molar-refractivity contribution < 1.29 is 13.2 Å². The van der Waals surface area contributed by atoms with E-state index in [0.29, 0.717) is 15.5 Å². The third-order valence-electron chi connectivity index (χ3n) is 6.63. The molecule has 1 fully saturated rings. The summed E-state index contributed by atoms with van der Waals surface area (Å²) in [6.45, 7) is 4.36. The maximum Gasteiger partial charge on any atom is 0.333 e. The van der Waals surface area contributed by atoms with Crippen LogP contribution in [0.1, 0.15) is 25.7 Å². The van der Waals surface area contributed by atoms with Crippen molar-refractivity contribution in [2.75, 3.05) is 36.8 Å². The second-order valence-electron chi connectivity index (χ2n) is 9.50. The van der Waals surface area contributed by atoms with E-state index in [1.165, 1.54) is 61.3 Å². The molecule has 0 aliphatic carbocycles. The number of benzene rings is 1. The molecule has 4 aromatic rings. The third-order valence-corrected chi connectivity index (χ3v) is 9.68. The van der Waals surface area contributed by atoms with Gasteiger partial charge in [-0.05, 0) is 92.8 Å². The topological polar surface area (TPSA) is 125 Å². The number of aromatic nitrogens is 2. The van der Waals surface area contributed by atoms with Gasteiger partial charge in [0.05, 0.1) is 16.2 Å². The SMILES string of the molecule is O=C(Nc1ccc(-n2ccc3cc(NCCCN4CCCCC4)ccc3c2=O)nc1)NS(=O)(=O)c1ccc(Cl)s1. The number of hydrogen-bond donors (Lipinski definition) is 3. The van der Waals surface area contributed by atoms with Gasteiger partial charge in [0.25, 0.3) is 15.6 Å². The van der Waals surface area contributed by atoms with Gasteiger partial charge in [0.15, 0.2) is 0 Å². The number of urea groups is 1. The van der Waals surface area contributed by atoms with E-state index in [0.717, 1.165) is 41.9 Å². The van der Waals surface area contributed by atoms with Gasteiger partial charge in [-0.1, -0.05) is 18.0 Å². The smallest absolute Gasteiger partial charge is 0.333 e. The summed E-state index contributed by atoms with van der Waals surface area (Å²) >= 11 is 6.62. The number of likely N-dealkylation sites (tertiary alicyclic amines) is 1. The van der Waals surface area contributed by atoms with Gasteiger partial charge in [-0.3, -0.25) is 9.36 Å². The number of fused-ring (bicyclic) bond motifs is 1. The Morgan fingerprint density at radius 1 is 1.02 bits per heavy atom. The monoisotopic (exact) mass is 600 g/mol. The Kier molecular flexibility index (Phi) is 8.69. The number of rotatable bonds is 9. The van der Waals surface area contributed by atoms with Crippen molar-refractivity contribution in [3.8, 4) is 5.82 Å². The molecule has 3 N–H and O–H groups in total. The zero-order chi connectivity index (χ0) is 28.1. The summed E-state index contributed by atoms with van der Waals surface area (Å²) in [6.07, 6.45) is 8.00. The maximum atomic E-state index is 13.2. The largest absolute Gasteiger partial charge is 0.385 e. The zero-order valence-electron chi connectivity index (χ0n) is 21.6. The Balaban J connectivity index is 1.20. The number of hydrogen-bond acceptors (Lipinski definition) is 8. The van der Waals surface area contributed by atoms with E-state index in [4.69, 9.17) is 11.6 Å². The molecule has 3 aromatic heterocycles. The molecule has 1 saturated heterocycles. The van der Waals surface area contributed by atoms with Crippen LogP contribution in [-0.2, 0) is 10.0 Å². The first-order valence-corrected chi connectivity index (χ1v) is 15.6. The number of carbonyl (C=O) groups is 1. The van der Waals surface area contributed by atoms with Gasteiger partial charge in [0.2, 0.25) is 0 Å². The van der Waals surface area contributed by atoms with E-state index in [-0.39, 0.29) is 15.5 Å². The van der Waals surface area contributed by atoms with E-state index in [2.05, 4.69) is 20.5 Å². The van der Waals surface area contributed by atoms with Crippen LogP contribution in [0.25, 0.3) is 16.6 Å². The molecular weight excluding hydrogens is 572 g/mol. The van der Waals surface area contributed by atoms with Crippen LogP contribution in [0.4, 0.5) is 16.2 Å². The van der Waals surface area contributed by atoms with Crippen LogP contribution < -0.4 is 20.9 Å². The van der Waals surface area contributed by atoms with Crippen molar-refractivity contribution in [1.29, 1.82) is 0 Å². The number of pyridine rings is 2. The maximum absolute atomic E-state index is 13.2. The highest BCUT2D eigenvalue weighted by Crippen LogP contribution is 2.25. The predicted molar refractivity (Wildman–Crippen MR) is 159 cm³/mol. The van der Waals surface area contributed by atoms with Gasteiger partial charge >= 0.3 is 6.03 Å². The van der Waals surface area contributed by atoms with Crippen molar-refractivity contribution in [2.45, 2.75) is 29.9 Å². The number of thiophene rings is 1. The lowest BCUT2D eigenvalue weighted by molar-refractivity contribution is 0.228. The standard InChI is InChI=1S/C27H29ClN6O4S2/c28-23-8-10-25(39-23)40(37,38)32-27(36)31-21-6-9-24(30-18-21)34-16-11-19-17-20(5-7-22(19)26(34)35)29-12-4-15-33-13-2-1-3-14-33/h5-11,16-18,29H,1-4,12-15H2,(H2,31,32,36).